The highest BCUT2D eigenvalue weighted by atomic mass is 32.2. The van der Waals surface area contributed by atoms with Gasteiger partial charge in [-0.3, -0.25) is 14.3 Å². The Kier molecular flexibility index (Phi) is 5.33. The number of nitro benzene ring substituents is 1. The molecule has 0 radical (unpaired) electrons. The van der Waals surface area contributed by atoms with Gasteiger partial charge in [0.1, 0.15) is 0 Å². The lowest BCUT2D eigenvalue weighted by Gasteiger charge is -2.30. The normalized spacial score (nSPS) is 23.5. The molecule has 6 heteroatoms. The van der Waals surface area contributed by atoms with E-state index in [0.717, 1.165) is 36.9 Å². The Hall–Kier alpha value is -1.43. The Morgan fingerprint density at radius 1 is 1.43 bits per heavy atom. The minimum Gasteiger partial charge on any atom is -0.382 e. The molecule has 0 spiro atoms. The molecule has 1 aromatic carbocycles. The summed E-state index contributed by atoms with van der Waals surface area (Å²) >= 11 is 0. The lowest BCUT2D eigenvalue weighted by Crippen LogP contribution is -2.33. The molecular weight excluding hydrogens is 288 g/mol. The van der Waals surface area contributed by atoms with Crippen molar-refractivity contribution in [1.29, 1.82) is 0 Å². The Balaban J connectivity index is 2.04. The molecule has 2 rings (SSSR count). The number of nitro groups is 1. The van der Waals surface area contributed by atoms with Gasteiger partial charge >= 0.3 is 0 Å². The fourth-order valence-electron chi connectivity index (χ4n) is 2.89. The summed E-state index contributed by atoms with van der Waals surface area (Å²) < 4.78 is 12.0. The average Bonchev–Trinajstić information content (AvgIpc) is 2.48. The first-order valence-corrected chi connectivity index (χ1v) is 8.78. The van der Waals surface area contributed by atoms with Crippen molar-refractivity contribution in [2.24, 2.45) is 0 Å². The predicted octanol–water partition coefficient (Wildman–Crippen LogP) is 3.39. The van der Waals surface area contributed by atoms with Crippen molar-refractivity contribution in [2.75, 3.05) is 11.1 Å². The van der Waals surface area contributed by atoms with Crippen LogP contribution in [0.3, 0.4) is 0 Å². The van der Waals surface area contributed by atoms with E-state index in [1.807, 2.05) is 13.8 Å². The van der Waals surface area contributed by atoms with E-state index in [0.29, 0.717) is 11.8 Å². The summed E-state index contributed by atoms with van der Waals surface area (Å²) in [5.41, 5.74) is 1.93. The Morgan fingerprint density at radius 3 is 2.81 bits per heavy atom. The number of nitrogens with one attached hydrogen (secondary N) is 1. The Bertz CT molecular complexity index is 548. The van der Waals surface area contributed by atoms with E-state index < -0.39 is 10.8 Å². The molecule has 1 aliphatic rings. The zero-order valence-electron chi connectivity index (χ0n) is 12.5. The van der Waals surface area contributed by atoms with Crippen LogP contribution in [0.15, 0.2) is 18.2 Å². The molecule has 1 aliphatic carbocycles. The molecule has 0 saturated heterocycles. The van der Waals surface area contributed by atoms with Gasteiger partial charge in [-0.2, -0.15) is 0 Å². The molecule has 1 N–H and O–H groups in total. The van der Waals surface area contributed by atoms with Gasteiger partial charge < -0.3 is 5.32 Å². The first-order chi connectivity index (χ1) is 10.0. The van der Waals surface area contributed by atoms with Crippen molar-refractivity contribution in [2.45, 2.75) is 50.8 Å². The van der Waals surface area contributed by atoms with Gasteiger partial charge in [-0.15, -0.1) is 0 Å². The third-order valence-electron chi connectivity index (χ3n) is 4.06. The number of non-ortho nitro benzene ring substituents is 1. The highest BCUT2D eigenvalue weighted by molar-refractivity contribution is 7.85. The maximum absolute atomic E-state index is 12.0. The standard InChI is InChI=1S/C15H22N2O3S/c1-3-21(20)14-6-4-5-12(10-14)16-15-8-7-13(17(18)19)9-11(15)2/h7-9,12,14,16H,3-6,10H2,1-2H3. The van der Waals surface area contributed by atoms with E-state index in [1.165, 1.54) is 6.07 Å². The quantitative estimate of drug-likeness (QED) is 0.668. The van der Waals surface area contributed by atoms with Crippen LogP contribution in [-0.4, -0.2) is 26.2 Å². The van der Waals surface area contributed by atoms with Crippen LogP contribution < -0.4 is 5.32 Å². The van der Waals surface area contributed by atoms with Crippen LogP contribution in [0.25, 0.3) is 0 Å². The van der Waals surface area contributed by atoms with E-state index in [2.05, 4.69) is 5.32 Å². The Morgan fingerprint density at radius 2 is 2.19 bits per heavy atom. The van der Waals surface area contributed by atoms with E-state index in [9.17, 15) is 14.3 Å². The van der Waals surface area contributed by atoms with Crippen LogP contribution in [-0.2, 0) is 10.8 Å². The summed E-state index contributed by atoms with van der Waals surface area (Å²) in [6.07, 6.45) is 4.10. The van der Waals surface area contributed by atoms with Crippen molar-refractivity contribution in [1.82, 2.24) is 0 Å². The highest BCUT2D eigenvalue weighted by Crippen LogP contribution is 2.28. The number of hydrogen-bond acceptors (Lipinski definition) is 4. The predicted molar refractivity (Wildman–Crippen MR) is 86.2 cm³/mol. The minimum atomic E-state index is -0.737. The van der Waals surface area contributed by atoms with Crippen molar-refractivity contribution < 1.29 is 9.13 Å². The molecule has 0 aromatic heterocycles. The molecule has 21 heavy (non-hydrogen) atoms. The largest absolute Gasteiger partial charge is 0.382 e. The van der Waals surface area contributed by atoms with Gasteiger partial charge in [-0.05, 0) is 37.8 Å². The maximum Gasteiger partial charge on any atom is 0.269 e. The lowest BCUT2D eigenvalue weighted by atomic mass is 9.94. The van der Waals surface area contributed by atoms with Crippen LogP contribution in [0.2, 0.25) is 0 Å². The Labute approximate surface area is 127 Å². The third-order valence-corrected chi connectivity index (χ3v) is 5.80. The van der Waals surface area contributed by atoms with E-state index in [4.69, 9.17) is 0 Å². The molecule has 3 unspecified atom stereocenters. The first-order valence-electron chi connectivity index (χ1n) is 7.40. The molecule has 5 nitrogen and oxygen atoms in total. The summed E-state index contributed by atoms with van der Waals surface area (Å²) in [6.45, 7) is 3.84. The number of rotatable bonds is 5. The van der Waals surface area contributed by atoms with Gasteiger partial charge in [0.15, 0.2) is 0 Å². The van der Waals surface area contributed by atoms with Crippen molar-refractivity contribution >= 4 is 22.2 Å². The summed E-state index contributed by atoms with van der Waals surface area (Å²) in [7, 11) is -0.737. The molecular formula is C15H22N2O3S. The molecule has 0 amide bonds. The smallest absolute Gasteiger partial charge is 0.269 e. The first kappa shape index (κ1) is 15.9. The van der Waals surface area contributed by atoms with E-state index in [-0.39, 0.29) is 15.9 Å². The molecule has 3 atom stereocenters. The molecule has 116 valence electrons. The van der Waals surface area contributed by atoms with Crippen molar-refractivity contribution in [3.8, 4) is 0 Å². The van der Waals surface area contributed by atoms with Crippen LogP contribution in [0.5, 0.6) is 0 Å². The minimum absolute atomic E-state index is 0.117. The highest BCUT2D eigenvalue weighted by Gasteiger charge is 2.25. The molecule has 0 bridgehead atoms. The average molecular weight is 310 g/mol. The SMILES string of the molecule is CCS(=O)C1CCCC(Nc2ccc([N+](=O)[O-])cc2C)C1. The van der Waals surface area contributed by atoms with Gasteiger partial charge in [-0.1, -0.05) is 13.3 Å². The topological polar surface area (TPSA) is 72.2 Å². The lowest BCUT2D eigenvalue weighted by molar-refractivity contribution is -0.384. The summed E-state index contributed by atoms with van der Waals surface area (Å²) in [6, 6.07) is 5.19. The van der Waals surface area contributed by atoms with Crippen LogP contribution in [0, 0.1) is 17.0 Å². The summed E-state index contributed by atoms with van der Waals surface area (Å²) in [4.78, 5) is 10.4. The van der Waals surface area contributed by atoms with Crippen LogP contribution >= 0.6 is 0 Å². The van der Waals surface area contributed by atoms with Gasteiger partial charge in [0.05, 0.1) is 4.92 Å². The monoisotopic (exact) mass is 310 g/mol. The van der Waals surface area contributed by atoms with Crippen molar-refractivity contribution in [3.63, 3.8) is 0 Å². The van der Waals surface area contributed by atoms with Gasteiger partial charge in [0.2, 0.25) is 0 Å². The fourth-order valence-corrected chi connectivity index (χ4v) is 4.24. The number of aryl methyl sites for hydroxylation is 1. The third kappa shape index (κ3) is 4.03. The molecule has 1 fully saturated rings. The molecule has 0 aliphatic heterocycles. The van der Waals surface area contributed by atoms with E-state index >= 15 is 0 Å². The van der Waals surface area contributed by atoms with Gasteiger partial charge in [-0.25, -0.2) is 0 Å². The van der Waals surface area contributed by atoms with Gasteiger partial charge in [0, 0.05) is 45.7 Å². The number of anilines is 1. The van der Waals surface area contributed by atoms with E-state index in [1.54, 1.807) is 12.1 Å². The second-order valence-electron chi connectivity index (χ2n) is 5.56. The number of nitrogens with zero attached hydrogens (tertiary/aromatic N) is 1. The van der Waals surface area contributed by atoms with Crippen molar-refractivity contribution in [3.05, 3.63) is 33.9 Å². The number of hydrogen-bond donors (Lipinski definition) is 1. The second kappa shape index (κ2) is 7.02. The van der Waals surface area contributed by atoms with Crippen LogP contribution in [0.4, 0.5) is 11.4 Å². The zero-order valence-corrected chi connectivity index (χ0v) is 13.3. The number of benzene rings is 1. The maximum atomic E-state index is 12.0. The summed E-state index contributed by atoms with van der Waals surface area (Å²) in [5, 5.41) is 14.5. The second-order valence-corrected chi connectivity index (χ2v) is 7.56. The molecule has 1 aromatic rings. The van der Waals surface area contributed by atoms with Gasteiger partial charge in [0.25, 0.3) is 5.69 Å². The molecule has 1 saturated carbocycles. The molecule has 0 heterocycles. The van der Waals surface area contributed by atoms with Crippen LogP contribution in [0.1, 0.15) is 38.2 Å². The zero-order chi connectivity index (χ0) is 15.4. The summed E-state index contributed by atoms with van der Waals surface area (Å²) in [5.74, 6) is 0.716. The fraction of sp³-hybridized carbons (Fsp3) is 0.600.